The van der Waals surface area contributed by atoms with Gasteiger partial charge in [-0.15, -0.1) is 0 Å². The summed E-state index contributed by atoms with van der Waals surface area (Å²) in [5, 5.41) is 2.71. The zero-order chi connectivity index (χ0) is 15.5. The number of amides is 1. The Balaban J connectivity index is 2.17. The summed E-state index contributed by atoms with van der Waals surface area (Å²) in [4.78, 5) is 11.9. The number of hydrogen-bond donors (Lipinski definition) is 2. The summed E-state index contributed by atoms with van der Waals surface area (Å²) in [7, 11) is 1.61. The van der Waals surface area contributed by atoms with Gasteiger partial charge in [0.15, 0.2) is 0 Å². The highest BCUT2D eigenvalue weighted by molar-refractivity contribution is 7.80. The summed E-state index contributed by atoms with van der Waals surface area (Å²) >= 11 is 4.85. The average molecular weight is 312 g/mol. The number of hydrogen-bond acceptors (Lipinski definition) is 5. The molecule has 1 rings (SSSR count). The monoisotopic (exact) mass is 312 g/mol. The number of nitrogens with two attached hydrogens (primary N) is 1. The summed E-state index contributed by atoms with van der Waals surface area (Å²) in [5.41, 5.74) is 6.92. The molecule has 116 valence electrons. The van der Waals surface area contributed by atoms with Gasteiger partial charge in [-0.3, -0.25) is 4.79 Å². The average Bonchev–Trinajstić information content (AvgIpc) is 2.47. The fourth-order valence-corrected chi connectivity index (χ4v) is 1.58. The molecule has 1 amide bonds. The Kier molecular flexibility index (Phi) is 8.53. The van der Waals surface area contributed by atoms with Crippen molar-refractivity contribution in [2.75, 3.05) is 45.5 Å². The summed E-state index contributed by atoms with van der Waals surface area (Å²) < 4.78 is 15.2. The van der Waals surface area contributed by atoms with Crippen LogP contribution in [0.1, 0.15) is 5.56 Å². The van der Waals surface area contributed by atoms with Crippen LogP contribution in [-0.2, 0) is 19.0 Å². The molecule has 21 heavy (non-hydrogen) atoms. The van der Waals surface area contributed by atoms with Gasteiger partial charge in [0.2, 0.25) is 5.91 Å². The van der Waals surface area contributed by atoms with Crippen LogP contribution in [0.4, 0.5) is 5.69 Å². The van der Waals surface area contributed by atoms with E-state index in [-0.39, 0.29) is 12.5 Å². The van der Waals surface area contributed by atoms with E-state index in [0.717, 1.165) is 5.56 Å². The first-order chi connectivity index (χ1) is 10.1. The molecule has 0 saturated heterocycles. The molecule has 3 N–H and O–H groups in total. The highest BCUT2D eigenvalue weighted by atomic mass is 32.1. The van der Waals surface area contributed by atoms with Gasteiger partial charge < -0.3 is 25.3 Å². The van der Waals surface area contributed by atoms with Gasteiger partial charge in [0.25, 0.3) is 0 Å². The third-order valence-corrected chi connectivity index (χ3v) is 2.73. The lowest BCUT2D eigenvalue weighted by Crippen LogP contribution is -2.20. The van der Waals surface area contributed by atoms with Gasteiger partial charge in [-0.1, -0.05) is 12.2 Å². The van der Waals surface area contributed by atoms with Crippen molar-refractivity contribution in [1.29, 1.82) is 0 Å². The Bertz CT molecular complexity index is 451. The van der Waals surface area contributed by atoms with Crippen LogP contribution in [0.15, 0.2) is 24.3 Å². The van der Waals surface area contributed by atoms with Crippen LogP contribution in [0.2, 0.25) is 0 Å². The van der Waals surface area contributed by atoms with Gasteiger partial charge in [-0.25, -0.2) is 0 Å². The molecule has 0 aliphatic rings. The van der Waals surface area contributed by atoms with E-state index >= 15 is 0 Å². The van der Waals surface area contributed by atoms with Crippen molar-refractivity contribution >= 4 is 28.8 Å². The lowest BCUT2D eigenvalue weighted by atomic mass is 10.2. The molecule has 0 heterocycles. The Morgan fingerprint density at radius 3 is 2.38 bits per heavy atom. The highest BCUT2D eigenvalue weighted by Gasteiger charge is 2.03. The maximum absolute atomic E-state index is 11.6. The second kappa shape index (κ2) is 10.2. The normalized spacial score (nSPS) is 10.3. The minimum atomic E-state index is -0.227. The fraction of sp³-hybridized carbons (Fsp3) is 0.429. The van der Waals surface area contributed by atoms with Crippen LogP contribution in [0.5, 0.6) is 0 Å². The third kappa shape index (κ3) is 7.72. The number of nitrogens with one attached hydrogen (secondary N) is 1. The minimum Gasteiger partial charge on any atom is -0.389 e. The zero-order valence-corrected chi connectivity index (χ0v) is 12.8. The SMILES string of the molecule is COCCOCCOCC(=O)Nc1ccc(C(N)=S)cc1. The van der Waals surface area contributed by atoms with Gasteiger partial charge in [-0.2, -0.15) is 0 Å². The number of methoxy groups -OCH3 is 1. The van der Waals surface area contributed by atoms with Crippen molar-refractivity contribution < 1.29 is 19.0 Å². The van der Waals surface area contributed by atoms with Crippen LogP contribution < -0.4 is 11.1 Å². The number of carbonyl (C=O) groups excluding carboxylic acids is 1. The molecule has 0 unspecified atom stereocenters. The van der Waals surface area contributed by atoms with Crippen molar-refractivity contribution in [2.45, 2.75) is 0 Å². The van der Waals surface area contributed by atoms with Gasteiger partial charge in [-0.05, 0) is 24.3 Å². The topological polar surface area (TPSA) is 82.8 Å². The van der Waals surface area contributed by atoms with Crippen LogP contribution in [0, 0.1) is 0 Å². The van der Waals surface area contributed by atoms with Crippen molar-refractivity contribution in [3.8, 4) is 0 Å². The van der Waals surface area contributed by atoms with Crippen LogP contribution >= 0.6 is 12.2 Å². The van der Waals surface area contributed by atoms with Gasteiger partial charge in [0.1, 0.15) is 11.6 Å². The maximum atomic E-state index is 11.6. The van der Waals surface area contributed by atoms with E-state index in [1.54, 1.807) is 31.4 Å². The third-order valence-electron chi connectivity index (χ3n) is 2.49. The van der Waals surface area contributed by atoms with E-state index in [1.807, 2.05) is 0 Å². The van der Waals surface area contributed by atoms with E-state index in [1.165, 1.54) is 0 Å². The predicted molar refractivity (Wildman–Crippen MR) is 84.5 cm³/mol. The van der Waals surface area contributed by atoms with Gasteiger partial charge >= 0.3 is 0 Å². The van der Waals surface area contributed by atoms with E-state index in [0.29, 0.717) is 37.1 Å². The Morgan fingerprint density at radius 2 is 1.76 bits per heavy atom. The van der Waals surface area contributed by atoms with E-state index < -0.39 is 0 Å². The molecule has 0 saturated carbocycles. The molecule has 0 aromatic heterocycles. The Morgan fingerprint density at radius 1 is 1.14 bits per heavy atom. The fourth-order valence-electron chi connectivity index (χ4n) is 1.44. The van der Waals surface area contributed by atoms with Crippen molar-refractivity contribution in [3.05, 3.63) is 29.8 Å². The van der Waals surface area contributed by atoms with E-state index in [4.69, 9.17) is 32.2 Å². The molecule has 0 aliphatic carbocycles. The molecular weight excluding hydrogens is 292 g/mol. The highest BCUT2D eigenvalue weighted by Crippen LogP contribution is 2.09. The molecule has 0 radical (unpaired) electrons. The smallest absolute Gasteiger partial charge is 0.250 e. The van der Waals surface area contributed by atoms with Crippen LogP contribution in [0.3, 0.4) is 0 Å². The number of ether oxygens (including phenoxy) is 3. The lowest BCUT2D eigenvalue weighted by molar-refractivity contribution is -0.121. The van der Waals surface area contributed by atoms with Crippen LogP contribution in [-0.4, -0.2) is 51.0 Å². The first-order valence-corrected chi connectivity index (χ1v) is 6.88. The number of thiocarbonyl (C=S) groups is 1. The summed E-state index contributed by atoms with van der Waals surface area (Å²) in [6.07, 6.45) is 0. The molecular formula is C14H20N2O4S. The first-order valence-electron chi connectivity index (χ1n) is 6.47. The molecule has 1 aromatic rings. The molecule has 0 atom stereocenters. The predicted octanol–water partition coefficient (Wildman–Crippen LogP) is 0.939. The van der Waals surface area contributed by atoms with Crippen molar-refractivity contribution in [3.63, 3.8) is 0 Å². The molecule has 0 aliphatic heterocycles. The number of benzene rings is 1. The Labute approximate surface area is 129 Å². The standard InChI is InChI=1S/C14H20N2O4S/c1-18-6-7-19-8-9-20-10-13(17)16-12-4-2-11(3-5-12)14(15)21/h2-5H,6-10H2,1H3,(H2,15,21)(H,16,17). The van der Waals surface area contributed by atoms with E-state index in [2.05, 4.69) is 5.32 Å². The van der Waals surface area contributed by atoms with Crippen molar-refractivity contribution in [2.24, 2.45) is 5.73 Å². The zero-order valence-electron chi connectivity index (χ0n) is 12.0. The quantitative estimate of drug-likeness (QED) is 0.494. The molecule has 0 spiro atoms. The molecule has 0 bridgehead atoms. The largest absolute Gasteiger partial charge is 0.389 e. The number of carbonyl (C=O) groups is 1. The molecule has 1 aromatic carbocycles. The van der Waals surface area contributed by atoms with Gasteiger partial charge in [0.05, 0.1) is 26.4 Å². The summed E-state index contributed by atoms with van der Waals surface area (Å²) in [6, 6.07) is 6.98. The second-order valence-corrected chi connectivity index (χ2v) is 4.59. The summed E-state index contributed by atoms with van der Waals surface area (Å²) in [5.74, 6) is -0.227. The maximum Gasteiger partial charge on any atom is 0.250 e. The minimum absolute atomic E-state index is 0.0231. The number of anilines is 1. The number of rotatable bonds is 10. The second-order valence-electron chi connectivity index (χ2n) is 4.15. The molecule has 7 heteroatoms. The lowest BCUT2D eigenvalue weighted by Gasteiger charge is -2.07. The van der Waals surface area contributed by atoms with Crippen LogP contribution in [0.25, 0.3) is 0 Å². The van der Waals surface area contributed by atoms with E-state index in [9.17, 15) is 4.79 Å². The molecule has 0 fully saturated rings. The van der Waals surface area contributed by atoms with Crippen molar-refractivity contribution in [1.82, 2.24) is 0 Å². The Hall–Kier alpha value is -1.54. The summed E-state index contributed by atoms with van der Waals surface area (Å²) in [6.45, 7) is 1.83. The first kappa shape index (κ1) is 17.5. The van der Waals surface area contributed by atoms with Gasteiger partial charge in [0, 0.05) is 18.4 Å². The molecule has 6 nitrogen and oxygen atoms in total.